The van der Waals surface area contributed by atoms with Gasteiger partial charge >= 0.3 is 6.18 Å². The van der Waals surface area contributed by atoms with Gasteiger partial charge in [-0.25, -0.2) is 4.98 Å². The van der Waals surface area contributed by atoms with Gasteiger partial charge in [0.05, 0.1) is 16.8 Å². The number of alkyl halides is 3. The second-order valence-electron chi connectivity index (χ2n) is 3.78. The first-order chi connectivity index (χ1) is 8.55. The van der Waals surface area contributed by atoms with Gasteiger partial charge in [0.2, 0.25) is 0 Å². The lowest BCUT2D eigenvalue weighted by atomic mass is 10.1. The summed E-state index contributed by atoms with van der Waals surface area (Å²) in [4.78, 5) is 4.10. The summed E-state index contributed by atoms with van der Waals surface area (Å²) >= 11 is 1.51. The molecule has 0 fully saturated rings. The molecule has 0 bridgehead atoms. The number of benzene rings is 1. The molecule has 1 aromatic carbocycles. The van der Waals surface area contributed by atoms with Gasteiger partial charge in [-0.15, -0.1) is 11.3 Å². The van der Waals surface area contributed by atoms with Gasteiger partial charge in [-0.05, 0) is 17.7 Å². The van der Waals surface area contributed by atoms with E-state index in [0.717, 1.165) is 23.4 Å². The number of nitrogens with zero attached hydrogens (tertiary/aromatic N) is 1. The molecule has 1 N–H and O–H groups in total. The highest BCUT2D eigenvalue weighted by atomic mass is 32.1. The summed E-state index contributed by atoms with van der Waals surface area (Å²) in [6.45, 7) is 1.14. The van der Waals surface area contributed by atoms with Gasteiger partial charge in [-0.2, -0.15) is 13.2 Å². The van der Waals surface area contributed by atoms with E-state index in [4.69, 9.17) is 0 Å². The Balaban J connectivity index is 1.87. The van der Waals surface area contributed by atoms with Crippen LogP contribution in [0.5, 0.6) is 0 Å². The molecule has 0 saturated carbocycles. The van der Waals surface area contributed by atoms with Crippen molar-refractivity contribution < 1.29 is 13.2 Å². The fourth-order valence-electron chi connectivity index (χ4n) is 1.47. The second kappa shape index (κ2) is 5.49. The summed E-state index contributed by atoms with van der Waals surface area (Å²) in [7, 11) is 0. The Kier molecular flexibility index (Phi) is 3.98. The molecule has 0 radical (unpaired) electrons. The molecule has 96 valence electrons. The first kappa shape index (κ1) is 13.0. The maximum Gasteiger partial charge on any atom is 0.416 e. The third-order valence-electron chi connectivity index (χ3n) is 2.40. The van der Waals surface area contributed by atoms with E-state index in [0.29, 0.717) is 13.1 Å². The van der Waals surface area contributed by atoms with Crippen LogP contribution in [0.2, 0.25) is 0 Å². The number of thiazole rings is 1. The van der Waals surface area contributed by atoms with Crippen LogP contribution in [-0.4, -0.2) is 4.98 Å². The molecule has 0 aliphatic rings. The van der Waals surface area contributed by atoms with E-state index < -0.39 is 11.7 Å². The van der Waals surface area contributed by atoms with Crippen LogP contribution in [0.4, 0.5) is 13.2 Å². The molecule has 0 amide bonds. The van der Waals surface area contributed by atoms with Crippen LogP contribution < -0.4 is 5.32 Å². The molecular formula is C12H11F3N2S. The van der Waals surface area contributed by atoms with Gasteiger partial charge in [0.1, 0.15) is 0 Å². The Hall–Kier alpha value is -1.40. The average molecular weight is 272 g/mol. The number of hydrogen-bond acceptors (Lipinski definition) is 3. The normalized spacial score (nSPS) is 11.7. The highest BCUT2D eigenvalue weighted by molar-refractivity contribution is 7.07. The minimum Gasteiger partial charge on any atom is -0.307 e. The van der Waals surface area contributed by atoms with E-state index in [1.54, 1.807) is 5.51 Å². The van der Waals surface area contributed by atoms with Crippen molar-refractivity contribution in [2.75, 3.05) is 0 Å². The zero-order chi connectivity index (χ0) is 13.0. The third-order valence-corrected chi connectivity index (χ3v) is 3.04. The molecule has 0 aliphatic carbocycles. The highest BCUT2D eigenvalue weighted by Crippen LogP contribution is 2.28. The van der Waals surface area contributed by atoms with Crippen molar-refractivity contribution >= 4 is 11.3 Å². The van der Waals surface area contributed by atoms with Gasteiger partial charge in [-0.3, -0.25) is 0 Å². The van der Waals surface area contributed by atoms with E-state index in [9.17, 15) is 13.2 Å². The topological polar surface area (TPSA) is 24.9 Å². The minimum atomic E-state index is -4.27. The fourth-order valence-corrected chi connectivity index (χ4v) is 2.03. The summed E-state index contributed by atoms with van der Waals surface area (Å²) in [5.41, 5.74) is 2.88. The summed E-state index contributed by atoms with van der Waals surface area (Å²) in [6.07, 6.45) is -4.27. The molecule has 2 aromatic rings. The number of rotatable bonds is 4. The molecule has 0 aliphatic heterocycles. The van der Waals surface area contributed by atoms with E-state index in [2.05, 4.69) is 10.3 Å². The van der Waals surface area contributed by atoms with Gasteiger partial charge in [0.25, 0.3) is 0 Å². The van der Waals surface area contributed by atoms with E-state index >= 15 is 0 Å². The maximum absolute atomic E-state index is 12.3. The third kappa shape index (κ3) is 3.54. The van der Waals surface area contributed by atoms with Crippen LogP contribution in [0.1, 0.15) is 16.8 Å². The molecule has 2 rings (SSSR count). The first-order valence-corrected chi connectivity index (χ1v) is 6.24. The monoisotopic (exact) mass is 272 g/mol. The molecule has 6 heteroatoms. The van der Waals surface area contributed by atoms with Crippen molar-refractivity contribution in [3.63, 3.8) is 0 Å². The Morgan fingerprint density at radius 3 is 2.39 bits per heavy atom. The van der Waals surface area contributed by atoms with Crippen LogP contribution in [0.25, 0.3) is 0 Å². The number of aromatic nitrogens is 1. The van der Waals surface area contributed by atoms with Crippen molar-refractivity contribution in [3.8, 4) is 0 Å². The number of halogens is 3. The molecule has 1 aromatic heterocycles. The van der Waals surface area contributed by atoms with Gasteiger partial charge in [0.15, 0.2) is 0 Å². The standard InChI is InChI=1S/C12H11F3N2S/c13-12(14,15)10-3-1-9(2-4-10)5-16-6-11-7-18-8-17-11/h1-4,7-8,16H,5-6H2. The number of hydrogen-bond donors (Lipinski definition) is 1. The van der Waals surface area contributed by atoms with E-state index in [1.165, 1.54) is 23.5 Å². The Morgan fingerprint density at radius 2 is 1.83 bits per heavy atom. The van der Waals surface area contributed by atoms with Crippen molar-refractivity contribution in [2.24, 2.45) is 0 Å². The minimum absolute atomic E-state index is 0.523. The van der Waals surface area contributed by atoms with Crippen LogP contribution in [-0.2, 0) is 19.3 Å². The van der Waals surface area contributed by atoms with Crippen molar-refractivity contribution in [1.82, 2.24) is 10.3 Å². The molecule has 18 heavy (non-hydrogen) atoms. The Labute approximate surface area is 106 Å². The molecule has 0 atom stereocenters. The summed E-state index contributed by atoms with van der Waals surface area (Å²) in [6, 6.07) is 5.16. The predicted molar refractivity (Wildman–Crippen MR) is 64.1 cm³/mol. The molecule has 0 saturated heterocycles. The predicted octanol–water partition coefficient (Wildman–Crippen LogP) is 3.45. The van der Waals surface area contributed by atoms with Crippen molar-refractivity contribution in [3.05, 3.63) is 52.0 Å². The highest BCUT2D eigenvalue weighted by Gasteiger charge is 2.29. The van der Waals surface area contributed by atoms with Crippen molar-refractivity contribution in [1.29, 1.82) is 0 Å². The zero-order valence-electron chi connectivity index (χ0n) is 9.37. The Morgan fingerprint density at radius 1 is 1.11 bits per heavy atom. The van der Waals surface area contributed by atoms with Gasteiger partial charge in [0, 0.05) is 18.5 Å². The van der Waals surface area contributed by atoms with Crippen LogP contribution in [0.3, 0.4) is 0 Å². The largest absolute Gasteiger partial charge is 0.416 e. The first-order valence-electron chi connectivity index (χ1n) is 5.29. The summed E-state index contributed by atoms with van der Waals surface area (Å²) < 4.78 is 37.0. The molecule has 2 nitrogen and oxygen atoms in total. The maximum atomic E-state index is 12.3. The smallest absolute Gasteiger partial charge is 0.307 e. The molecule has 1 heterocycles. The number of nitrogens with one attached hydrogen (secondary N) is 1. The van der Waals surface area contributed by atoms with Crippen LogP contribution in [0, 0.1) is 0 Å². The molecule has 0 spiro atoms. The summed E-state index contributed by atoms with van der Waals surface area (Å²) in [5, 5.41) is 5.06. The SMILES string of the molecule is FC(F)(F)c1ccc(CNCc2cscn2)cc1. The lowest BCUT2D eigenvalue weighted by Crippen LogP contribution is -2.13. The van der Waals surface area contributed by atoms with Gasteiger partial charge in [-0.1, -0.05) is 12.1 Å². The zero-order valence-corrected chi connectivity index (χ0v) is 10.2. The lowest BCUT2D eigenvalue weighted by Gasteiger charge is -2.08. The molecule has 0 unspecified atom stereocenters. The molecular weight excluding hydrogens is 261 g/mol. The van der Waals surface area contributed by atoms with E-state index in [1.807, 2.05) is 5.38 Å². The van der Waals surface area contributed by atoms with Crippen LogP contribution in [0.15, 0.2) is 35.2 Å². The van der Waals surface area contributed by atoms with Gasteiger partial charge < -0.3 is 5.32 Å². The average Bonchev–Trinajstić information content (AvgIpc) is 2.82. The van der Waals surface area contributed by atoms with Crippen molar-refractivity contribution in [2.45, 2.75) is 19.3 Å². The van der Waals surface area contributed by atoms with E-state index in [-0.39, 0.29) is 0 Å². The van der Waals surface area contributed by atoms with Crippen LogP contribution >= 0.6 is 11.3 Å². The lowest BCUT2D eigenvalue weighted by molar-refractivity contribution is -0.137. The Bertz CT molecular complexity index is 477. The quantitative estimate of drug-likeness (QED) is 0.922. The summed E-state index contributed by atoms with van der Waals surface area (Å²) in [5.74, 6) is 0. The fraction of sp³-hybridized carbons (Fsp3) is 0.250. The second-order valence-corrected chi connectivity index (χ2v) is 4.50.